The van der Waals surface area contributed by atoms with Gasteiger partial charge in [-0.05, 0) is 23.6 Å². The maximum atomic E-state index is 10.1. The molecule has 0 atom stereocenters. The summed E-state index contributed by atoms with van der Waals surface area (Å²) in [5, 5.41) is 9.52. The molecule has 0 saturated heterocycles. The minimum atomic E-state index is -0.565. The second-order valence-corrected chi connectivity index (χ2v) is 3.15. The van der Waals surface area contributed by atoms with Gasteiger partial charge in [0.1, 0.15) is 5.69 Å². The number of nitro groups is 1. The van der Waals surface area contributed by atoms with Crippen LogP contribution in [0.5, 0.6) is 0 Å². The maximum absolute atomic E-state index is 10.1. The summed E-state index contributed by atoms with van der Waals surface area (Å²) in [4.78, 5) is 10.1. The normalized spacial score (nSPS) is 10.1. The fourth-order valence-electron chi connectivity index (χ4n) is 1.05. The van der Waals surface area contributed by atoms with Crippen LogP contribution >= 0.6 is 0 Å². The number of rotatable bonds is 3. The SMILES string of the molecule is CC(C)c1ccc(N[N+](=O)[O-])cc1. The molecule has 0 aromatic heterocycles. The summed E-state index contributed by atoms with van der Waals surface area (Å²) in [5.74, 6) is 0.449. The predicted octanol–water partition coefficient (Wildman–Crippen LogP) is 2.41. The quantitative estimate of drug-likeness (QED) is 0.574. The molecule has 1 aromatic carbocycles. The third-order valence-corrected chi connectivity index (χ3v) is 1.80. The molecule has 1 rings (SSSR count). The van der Waals surface area contributed by atoms with E-state index in [0.717, 1.165) is 0 Å². The van der Waals surface area contributed by atoms with Crippen LogP contribution in [0.3, 0.4) is 0 Å². The van der Waals surface area contributed by atoms with Crippen LogP contribution in [0.15, 0.2) is 24.3 Å². The van der Waals surface area contributed by atoms with Crippen LogP contribution in [0.25, 0.3) is 0 Å². The number of hydrogen-bond acceptors (Lipinski definition) is 2. The molecule has 0 aliphatic carbocycles. The molecule has 70 valence electrons. The van der Waals surface area contributed by atoms with Crippen LogP contribution in [0.1, 0.15) is 25.3 Å². The van der Waals surface area contributed by atoms with Crippen molar-refractivity contribution >= 4 is 5.69 Å². The van der Waals surface area contributed by atoms with Crippen LogP contribution in [-0.4, -0.2) is 5.03 Å². The molecule has 13 heavy (non-hydrogen) atoms. The summed E-state index contributed by atoms with van der Waals surface area (Å²) in [6, 6.07) is 7.18. The van der Waals surface area contributed by atoms with Gasteiger partial charge in [0.2, 0.25) is 0 Å². The number of nitrogens with one attached hydrogen (secondary N) is 1. The molecule has 4 nitrogen and oxygen atoms in total. The van der Waals surface area contributed by atoms with Crippen molar-refractivity contribution in [2.75, 3.05) is 5.43 Å². The first kappa shape index (κ1) is 9.51. The molecular weight excluding hydrogens is 168 g/mol. The molecule has 0 unspecified atom stereocenters. The molecule has 0 amide bonds. The van der Waals surface area contributed by atoms with Crippen molar-refractivity contribution in [3.63, 3.8) is 0 Å². The van der Waals surface area contributed by atoms with Gasteiger partial charge in [-0.2, -0.15) is 0 Å². The van der Waals surface area contributed by atoms with E-state index >= 15 is 0 Å². The van der Waals surface area contributed by atoms with Gasteiger partial charge in [-0.15, -0.1) is 5.43 Å². The van der Waals surface area contributed by atoms with Gasteiger partial charge in [-0.3, -0.25) is 0 Å². The van der Waals surface area contributed by atoms with Crippen molar-refractivity contribution in [3.05, 3.63) is 39.9 Å². The molecule has 0 radical (unpaired) electrons. The van der Waals surface area contributed by atoms with Gasteiger partial charge in [0.05, 0.1) is 0 Å². The van der Waals surface area contributed by atoms with E-state index in [2.05, 4.69) is 19.3 Å². The summed E-state index contributed by atoms with van der Waals surface area (Å²) in [6.07, 6.45) is 0. The van der Waals surface area contributed by atoms with Gasteiger partial charge in [-0.1, -0.05) is 26.0 Å². The zero-order valence-corrected chi connectivity index (χ0v) is 7.65. The first-order valence-electron chi connectivity index (χ1n) is 4.10. The van der Waals surface area contributed by atoms with E-state index in [1.807, 2.05) is 12.1 Å². The highest BCUT2D eigenvalue weighted by molar-refractivity contribution is 5.42. The average Bonchev–Trinajstić information content (AvgIpc) is 2.04. The summed E-state index contributed by atoms with van der Waals surface area (Å²) >= 11 is 0. The molecule has 0 bridgehead atoms. The highest BCUT2D eigenvalue weighted by Crippen LogP contribution is 2.16. The Morgan fingerprint density at radius 1 is 1.31 bits per heavy atom. The van der Waals surface area contributed by atoms with Crippen molar-refractivity contribution < 1.29 is 5.03 Å². The molecule has 0 aliphatic rings. The Balaban J connectivity index is 2.75. The van der Waals surface area contributed by atoms with Gasteiger partial charge < -0.3 is 0 Å². The number of nitrogens with zero attached hydrogens (tertiary/aromatic N) is 1. The van der Waals surface area contributed by atoms with Gasteiger partial charge in [0.25, 0.3) is 0 Å². The van der Waals surface area contributed by atoms with E-state index in [9.17, 15) is 10.1 Å². The Morgan fingerprint density at radius 3 is 2.23 bits per heavy atom. The van der Waals surface area contributed by atoms with Crippen molar-refractivity contribution in [2.24, 2.45) is 0 Å². The third kappa shape index (κ3) is 2.74. The van der Waals surface area contributed by atoms with Crippen molar-refractivity contribution in [1.29, 1.82) is 0 Å². The molecule has 4 heteroatoms. The van der Waals surface area contributed by atoms with Crippen LogP contribution in [0.4, 0.5) is 5.69 Å². The Labute approximate surface area is 76.7 Å². The average molecular weight is 180 g/mol. The van der Waals surface area contributed by atoms with Crippen LogP contribution in [0, 0.1) is 10.1 Å². The first-order valence-corrected chi connectivity index (χ1v) is 4.10. The lowest BCUT2D eigenvalue weighted by atomic mass is 10.0. The summed E-state index contributed by atoms with van der Waals surface area (Å²) in [6.45, 7) is 4.16. The lowest BCUT2D eigenvalue weighted by Gasteiger charge is -2.04. The van der Waals surface area contributed by atoms with Gasteiger partial charge in [0, 0.05) is 0 Å². The fraction of sp³-hybridized carbons (Fsp3) is 0.333. The van der Waals surface area contributed by atoms with Crippen molar-refractivity contribution in [3.8, 4) is 0 Å². The molecule has 0 saturated carbocycles. The molecule has 0 heterocycles. The van der Waals surface area contributed by atoms with E-state index in [4.69, 9.17) is 0 Å². The van der Waals surface area contributed by atoms with E-state index in [1.54, 1.807) is 12.1 Å². The number of hydrogen-bond donors (Lipinski definition) is 1. The van der Waals surface area contributed by atoms with E-state index < -0.39 is 5.03 Å². The van der Waals surface area contributed by atoms with Crippen LogP contribution < -0.4 is 5.43 Å². The third-order valence-electron chi connectivity index (χ3n) is 1.80. The monoisotopic (exact) mass is 180 g/mol. The lowest BCUT2D eigenvalue weighted by molar-refractivity contribution is -0.445. The van der Waals surface area contributed by atoms with Crippen molar-refractivity contribution in [2.45, 2.75) is 19.8 Å². The Morgan fingerprint density at radius 2 is 1.85 bits per heavy atom. The topological polar surface area (TPSA) is 55.2 Å². The van der Waals surface area contributed by atoms with Crippen molar-refractivity contribution in [1.82, 2.24) is 0 Å². The Kier molecular flexibility index (Phi) is 2.84. The molecule has 1 aromatic rings. The second-order valence-electron chi connectivity index (χ2n) is 3.15. The summed E-state index contributed by atoms with van der Waals surface area (Å²) < 4.78 is 0. The minimum absolute atomic E-state index is 0.449. The smallest absolute Gasteiger partial charge is 0.162 e. The number of hydrazine groups is 1. The zero-order chi connectivity index (χ0) is 9.84. The fourth-order valence-corrected chi connectivity index (χ4v) is 1.05. The predicted molar refractivity (Wildman–Crippen MR) is 51.1 cm³/mol. The Bertz CT molecular complexity index is 293. The first-order chi connectivity index (χ1) is 6.09. The van der Waals surface area contributed by atoms with Crippen LogP contribution in [-0.2, 0) is 0 Å². The standard InChI is InChI=1S/C9H12N2O2/c1-7(2)8-3-5-9(6-4-8)10-11(12)13/h3-7,10H,1-2H3. The Hall–Kier alpha value is -1.58. The highest BCUT2D eigenvalue weighted by Gasteiger charge is 2.01. The van der Waals surface area contributed by atoms with Gasteiger partial charge in [0.15, 0.2) is 5.03 Å². The van der Waals surface area contributed by atoms with E-state index in [-0.39, 0.29) is 0 Å². The molecule has 0 fully saturated rings. The minimum Gasteiger partial charge on any atom is -0.235 e. The van der Waals surface area contributed by atoms with E-state index in [1.165, 1.54) is 5.56 Å². The van der Waals surface area contributed by atoms with Crippen LogP contribution in [0.2, 0.25) is 0 Å². The highest BCUT2D eigenvalue weighted by atomic mass is 16.7. The van der Waals surface area contributed by atoms with E-state index in [0.29, 0.717) is 11.6 Å². The van der Waals surface area contributed by atoms with Gasteiger partial charge in [-0.25, -0.2) is 10.1 Å². The largest absolute Gasteiger partial charge is 0.235 e. The number of benzene rings is 1. The molecule has 0 aliphatic heterocycles. The summed E-state index contributed by atoms with van der Waals surface area (Å²) in [7, 11) is 0. The molecular formula is C9H12N2O2. The maximum Gasteiger partial charge on any atom is 0.162 e. The number of anilines is 1. The summed E-state index contributed by atoms with van der Waals surface area (Å²) in [5.41, 5.74) is 3.78. The molecule has 1 N–H and O–H groups in total. The lowest BCUT2D eigenvalue weighted by Crippen LogP contribution is -2.07. The molecule has 0 spiro atoms. The second kappa shape index (κ2) is 3.89. The van der Waals surface area contributed by atoms with Gasteiger partial charge >= 0.3 is 0 Å². The zero-order valence-electron chi connectivity index (χ0n) is 7.65.